The molecule has 1 heterocycles. The molecule has 0 aliphatic carbocycles. The monoisotopic (exact) mass is 473 g/mol. The van der Waals surface area contributed by atoms with E-state index in [1.165, 1.54) is 0 Å². The molecule has 2 aromatic carbocycles. The minimum atomic E-state index is -0.234. The molecule has 0 bridgehead atoms. The fourth-order valence-corrected chi connectivity index (χ4v) is 3.97. The van der Waals surface area contributed by atoms with Gasteiger partial charge in [-0.1, -0.05) is 47.5 Å². The van der Waals surface area contributed by atoms with Gasteiger partial charge in [-0.2, -0.15) is 0 Å². The number of carbonyl (C=O) groups is 1. The van der Waals surface area contributed by atoms with E-state index in [9.17, 15) is 4.79 Å². The molecule has 1 N–H and O–H groups in total. The highest BCUT2D eigenvalue weighted by molar-refractivity contribution is 14.1. The Hall–Kier alpha value is -1.08. The van der Waals surface area contributed by atoms with Crippen LogP contribution >= 0.6 is 57.1 Å². The Bertz CT molecular complexity index is 865. The lowest BCUT2D eigenvalue weighted by atomic mass is 10.1. The summed E-state index contributed by atoms with van der Waals surface area (Å²) < 4.78 is 0.680. The van der Waals surface area contributed by atoms with Gasteiger partial charge in [0, 0.05) is 24.7 Å². The number of amides is 1. The summed E-state index contributed by atoms with van der Waals surface area (Å²) in [5, 5.41) is 5.87. The summed E-state index contributed by atoms with van der Waals surface area (Å²) >= 11 is 15.8. The number of thiophene rings is 1. The van der Waals surface area contributed by atoms with Crippen LogP contribution < -0.4 is 5.32 Å². The van der Waals surface area contributed by atoms with Crippen molar-refractivity contribution in [2.24, 2.45) is 0 Å². The summed E-state index contributed by atoms with van der Waals surface area (Å²) in [6.45, 7) is 0. The molecular weight excluding hydrogens is 464 g/mol. The normalized spacial score (nSPS) is 10.6. The molecule has 0 saturated carbocycles. The smallest absolute Gasteiger partial charge is 0.256 e. The summed E-state index contributed by atoms with van der Waals surface area (Å²) in [4.78, 5) is 13.7. The highest BCUT2D eigenvalue weighted by Gasteiger charge is 2.16. The van der Waals surface area contributed by atoms with Crippen LogP contribution in [0.2, 0.25) is 10.0 Å². The lowest BCUT2D eigenvalue weighted by molar-refractivity contribution is 0.102. The first-order chi connectivity index (χ1) is 11.1. The number of halogens is 3. The van der Waals surface area contributed by atoms with E-state index in [0.717, 1.165) is 16.1 Å². The van der Waals surface area contributed by atoms with Gasteiger partial charge in [0.2, 0.25) is 0 Å². The van der Waals surface area contributed by atoms with Gasteiger partial charge in [-0.25, -0.2) is 0 Å². The lowest BCUT2D eigenvalue weighted by Gasteiger charge is -2.12. The number of carbonyl (C=O) groups excluding carboxylic acids is 1. The largest absolute Gasteiger partial charge is 0.321 e. The van der Waals surface area contributed by atoms with Crippen LogP contribution in [0.15, 0.2) is 53.9 Å². The van der Waals surface area contributed by atoms with E-state index in [2.05, 4.69) is 5.32 Å². The van der Waals surface area contributed by atoms with E-state index in [4.69, 9.17) is 23.2 Å². The van der Waals surface area contributed by atoms with Crippen LogP contribution in [0, 0.1) is 3.57 Å². The van der Waals surface area contributed by atoms with E-state index < -0.39 is 0 Å². The standard InChI is InChI=1S/C17H10Cl2INOS/c18-10-8-12(16(20)13(19)9-10)17(22)21-14-5-2-1-4-11(14)15-6-3-7-23-15/h1-9H,(H,21,22). The van der Waals surface area contributed by atoms with Crippen LogP contribution in [0.1, 0.15) is 10.4 Å². The number of hydrogen-bond donors (Lipinski definition) is 1. The molecule has 0 atom stereocenters. The van der Waals surface area contributed by atoms with Crippen molar-refractivity contribution in [1.82, 2.24) is 0 Å². The molecule has 6 heteroatoms. The van der Waals surface area contributed by atoms with Crippen LogP contribution in [-0.2, 0) is 0 Å². The number of nitrogens with one attached hydrogen (secondary N) is 1. The SMILES string of the molecule is O=C(Nc1ccccc1-c1cccs1)c1cc(Cl)cc(Cl)c1I. The molecule has 0 saturated heterocycles. The number of rotatable bonds is 3. The zero-order valence-corrected chi connectivity index (χ0v) is 16.1. The van der Waals surface area contributed by atoms with E-state index in [0.29, 0.717) is 19.2 Å². The number of para-hydroxylation sites is 1. The first kappa shape index (κ1) is 16.8. The summed E-state index contributed by atoms with van der Waals surface area (Å²) in [6.07, 6.45) is 0. The Morgan fingerprint density at radius 1 is 1.09 bits per heavy atom. The van der Waals surface area contributed by atoms with Crippen LogP contribution in [0.25, 0.3) is 10.4 Å². The molecule has 0 aliphatic rings. The Kier molecular flexibility index (Phi) is 5.26. The van der Waals surface area contributed by atoms with E-state index >= 15 is 0 Å². The predicted molar refractivity (Wildman–Crippen MR) is 107 cm³/mol. The van der Waals surface area contributed by atoms with Crippen LogP contribution in [0.4, 0.5) is 5.69 Å². The first-order valence-electron chi connectivity index (χ1n) is 6.65. The van der Waals surface area contributed by atoms with Crippen molar-refractivity contribution in [3.63, 3.8) is 0 Å². The fourth-order valence-electron chi connectivity index (χ4n) is 2.15. The molecule has 0 spiro atoms. The lowest BCUT2D eigenvalue weighted by Crippen LogP contribution is -2.14. The topological polar surface area (TPSA) is 29.1 Å². The molecule has 3 aromatic rings. The average Bonchev–Trinajstić information content (AvgIpc) is 3.05. The Morgan fingerprint density at radius 3 is 2.61 bits per heavy atom. The maximum atomic E-state index is 12.6. The Morgan fingerprint density at radius 2 is 1.87 bits per heavy atom. The maximum absolute atomic E-state index is 12.6. The van der Waals surface area contributed by atoms with Crippen molar-refractivity contribution < 1.29 is 4.79 Å². The summed E-state index contributed by atoms with van der Waals surface area (Å²) in [5.41, 5.74) is 2.20. The molecular formula is C17H10Cl2INOS. The van der Waals surface area contributed by atoms with E-state index in [1.54, 1.807) is 23.5 Å². The van der Waals surface area contributed by atoms with Crippen molar-refractivity contribution in [2.45, 2.75) is 0 Å². The minimum Gasteiger partial charge on any atom is -0.321 e. The third-order valence-corrected chi connectivity index (χ3v) is 6.10. The van der Waals surface area contributed by atoms with Crippen LogP contribution in [0.5, 0.6) is 0 Å². The van der Waals surface area contributed by atoms with Crippen molar-refractivity contribution in [3.8, 4) is 10.4 Å². The van der Waals surface area contributed by atoms with Gasteiger partial charge in [0.15, 0.2) is 0 Å². The minimum absolute atomic E-state index is 0.234. The van der Waals surface area contributed by atoms with E-state index in [-0.39, 0.29) is 5.91 Å². The molecule has 0 unspecified atom stereocenters. The molecule has 3 rings (SSSR count). The van der Waals surface area contributed by atoms with Gasteiger partial charge >= 0.3 is 0 Å². The van der Waals surface area contributed by atoms with E-state index in [1.807, 2.05) is 64.4 Å². The second-order valence-electron chi connectivity index (χ2n) is 4.73. The number of anilines is 1. The molecule has 0 aliphatic heterocycles. The van der Waals surface area contributed by atoms with Gasteiger partial charge in [-0.05, 0) is 52.2 Å². The summed E-state index contributed by atoms with van der Waals surface area (Å²) in [5.74, 6) is -0.234. The maximum Gasteiger partial charge on any atom is 0.256 e. The number of hydrogen-bond acceptors (Lipinski definition) is 2. The van der Waals surface area contributed by atoms with Gasteiger partial charge in [0.05, 0.1) is 10.6 Å². The van der Waals surface area contributed by atoms with Crippen molar-refractivity contribution in [3.05, 3.63) is 73.1 Å². The van der Waals surface area contributed by atoms with Crippen molar-refractivity contribution >= 4 is 68.7 Å². The fraction of sp³-hybridized carbons (Fsp3) is 0. The Labute approximate surface area is 161 Å². The molecule has 1 aromatic heterocycles. The summed E-state index contributed by atoms with van der Waals surface area (Å²) in [6, 6.07) is 15.0. The van der Waals surface area contributed by atoms with Gasteiger partial charge in [0.25, 0.3) is 5.91 Å². The van der Waals surface area contributed by atoms with Crippen molar-refractivity contribution in [1.29, 1.82) is 0 Å². The average molecular weight is 474 g/mol. The molecule has 1 amide bonds. The molecule has 2 nitrogen and oxygen atoms in total. The second kappa shape index (κ2) is 7.21. The van der Waals surface area contributed by atoms with Crippen molar-refractivity contribution in [2.75, 3.05) is 5.32 Å². The zero-order chi connectivity index (χ0) is 16.4. The highest BCUT2D eigenvalue weighted by atomic mass is 127. The third-order valence-electron chi connectivity index (χ3n) is 3.20. The third kappa shape index (κ3) is 3.71. The quantitative estimate of drug-likeness (QED) is 0.338. The zero-order valence-electron chi connectivity index (χ0n) is 11.6. The van der Waals surface area contributed by atoms with Gasteiger partial charge in [0.1, 0.15) is 0 Å². The van der Waals surface area contributed by atoms with Crippen LogP contribution in [0.3, 0.4) is 0 Å². The van der Waals surface area contributed by atoms with Crippen LogP contribution in [-0.4, -0.2) is 5.91 Å². The first-order valence-corrected chi connectivity index (χ1v) is 9.36. The van der Waals surface area contributed by atoms with Gasteiger partial charge in [-0.15, -0.1) is 11.3 Å². The molecule has 0 fully saturated rings. The molecule has 0 radical (unpaired) electrons. The Balaban J connectivity index is 1.96. The molecule has 116 valence electrons. The highest BCUT2D eigenvalue weighted by Crippen LogP contribution is 2.32. The number of benzene rings is 2. The second-order valence-corrected chi connectivity index (χ2v) is 7.60. The predicted octanol–water partition coefficient (Wildman–Crippen LogP) is 6.58. The summed E-state index contributed by atoms with van der Waals surface area (Å²) in [7, 11) is 0. The molecule has 23 heavy (non-hydrogen) atoms. The van der Waals surface area contributed by atoms with Gasteiger partial charge < -0.3 is 5.32 Å². The van der Waals surface area contributed by atoms with Gasteiger partial charge in [-0.3, -0.25) is 4.79 Å².